The Kier molecular flexibility index (Phi) is 4.38. The standard InChI is InChI=1S/C13H19NO5/c1-19-8-4-2-3-7(5-8)10-12(17)13(18)11(16)9(6-15)14-10/h2-5,9-18H,6H2,1H3/t9-,10+,11-,12-,13+/m1/s1. The molecule has 2 rings (SSSR count). The molecule has 0 saturated carbocycles. The van der Waals surface area contributed by atoms with Crippen LogP contribution in [-0.4, -0.2) is 58.5 Å². The van der Waals surface area contributed by atoms with Crippen LogP contribution in [0.4, 0.5) is 0 Å². The van der Waals surface area contributed by atoms with Crippen LogP contribution in [0, 0.1) is 0 Å². The van der Waals surface area contributed by atoms with E-state index in [1.54, 1.807) is 31.4 Å². The van der Waals surface area contributed by atoms with E-state index >= 15 is 0 Å². The van der Waals surface area contributed by atoms with Gasteiger partial charge in [-0.25, -0.2) is 0 Å². The second kappa shape index (κ2) is 5.85. The Bertz CT molecular complexity index is 425. The van der Waals surface area contributed by atoms with Crippen LogP contribution in [0.5, 0.6) is 5.75 Å². The number of hydrogen-bond donors (Lipinski definition) is 5. The van der Waals surface area contributed by atoms with E-state index in [1.165, 1.54) is 0 Å². The summed E-state index contributed by atoms with van der Waals surface area (Å²) >= 11 is 0. The van der Waals surface area contributed by atoms with Gasteiger partial charge in [-0.2, -0.15) is 0 Å². The van der Waals surface area contributed by atoms with E-state index in [2.05, 4.69) is 5.32 Å². The van der Waals surface area contributed by atoms with Gasteiger partial charge in [0.05, 0.1) is 31.9 Å². The molecule has 0 spiro atoms. The molecule has 0 bridgehead atoms. The van der Waals surface area contributed by atoms with E-state index in [9.17, 15) is 20.4 Å². The first-order valence-corrected chi connectivity index (χ1v) is 6.13. The van der Waals surface area contributed by atoms with Crippen LogP contribution in [-0.2, 0) is 0 Å². The number of piperidine rings is 1. The summed E-state index contributed by atoms with van der Waals surface area (Å²) in [6.07, 6.45) is -3.68. The maximum absolute atomic E-state index is 10.0. The van der Waals surface area contributed by atoms with Crippen LogP contribution >= 0.6 is 0 Å². The first-order valence-electron chi connectivity index (χ1n) is 6.13. The van der Waals surface area contributed by atoms with Gasteiger partial charge in [-0.1, -0.05) is 12.1 Å². The van der Waals surface area contributed by atoms with Crippen molar-refractivity contribution in [1.29, 1.82) is 0 Å². The summed E-state index contributed by atoms with van der Waals surface area (Å²) < 4.78 is 5.11. The summed E-state index contributed by atoms with van der Waals surface area (Å²) in [6, 6.07) is 5.80. The zero-order valence-corrected chi connectivity index (χ0v) is 10.6. The van der Waals surface area contributed by atoms with E-state index in [-0.39, 0.29) is 6.61 Å². The highest BCUT2D eigenvalue weighted by molar-refractivity contribution is 5.32. The smallest absolute Gasteiger partial charge is 0.119 e. The molecule has 0 aromatic heterocycles. The Morgan fingerprint density at radius 3 is 2.53 bits per heavy atom. The minimum atomic E-state index is -1.31. The Labute approximate surface area is 111 Å². The predicted octanol–water partition coefficient (Wildman–Crippen LogP) is -1.22. The molecule has 1 aromatic rings. The van der Waals surface area contributed by atoms with Crippen LogP contribution in [0.2, 0.25) is 0 Å². The van der Waals surface area contributed by atoms with Crippen molar-refractivity contribution in [2.24, 2.45) is 0 Å². The van der Waals surface area contributed by atoms with Gasteiger partial charge in [0.25, 0.3) is 0 Å². The summed E-state index contributed by atoms with van der Waals surface area (Å²) in [5.41, 5.74) is 0.719. The first-order chi connectivity index (χ1) is 9.08. The second-order valence-electron chi connectivity index (χ2n) is 4.68. The number of methoxy groups -OCH3 is 1. The highest BCUT2D eigenvalue weighted by Crippen LogP contribution is 2.28. The summed E-state index contributed by atoms with van der Waals surface area (Å²) in [5, 5.41) is 41.7. The average Bonchev–Trinajstić information content (AvgIpc) is 2.45. The van der Waals surface area contributed by atoms with Crippen molar-refractivity contribution in [2.75, 3.05) is 13.7 Å². The third-order valence-electron chi connectivity index (χ3n) is 3.50. The van der Waals surface area contributed by atoms with E-state index in [1.807, 2.05) is 0 Å². The molecule has 1 fully saturated rings. The molecule has 0 radical (unpaired) electrons. The summed E-state index contributed by atoms with van der Waals surface area (Å²) in [5.74, 6) is 0.632. The van der Waals surface area contributed by atoms with Crippen LogP contribution < -0.4 is 10.1 Å². The Hall–Kier alpha value is -1.18. The number of ether oxygens (including phenoxy) is 1. The normalized spacial score (nSPS) is 35.1. The Morgan fingerprint density at radius 2 is 1.89 bits per heavy atom. The summed E-state index contributed by atoms with van der Waals surface area (Å²) in [6.45, 7) is -0.328. The molecule has 1 heterocycles. The van der Waals surface area contributed by atoms with Crippen molar-refractivity contribution in [3.8, 4) is 5.75 Å². The number of aliphatic hydroxyl groups is 4. The molecule has 106 valence electrons. The maximum atomic E-state index is 10.0. The quantitative estimate of drug-likeness (QED) is 0.471. The van der Waals surface area contributed by atoms with Gasteiger partial charge in [0.1, 0.15) is 18.0 Å². The van der Waals surface area contributed by atoms with E-state index in [0.29, 0.717) is 5.75 Å². The molecule has 0 amide bonds. The number of hydrogen-bond acceptors (Lipinski definition) is 6. The lowest BCUT2D eigenvalue weighted by Gasteiger charge is -2.41. The molecule has 19 heavy (non-hydrogen) atoms. The third-order valence-corrected chi connectivity index (χ3v) is 3.50. The zero-order valence-electron chi connectivity index (χ0n) is 10.6. The zero-order chi connectivity index (χ0) is 14.0. The van der Waals surface area contributed by atoms with Gasteiger partial charge in [-0.3, -0.25) is 0 Å². The molecule has 0 unspecified atom stereocenters. The largest absolute Gasteiger partial charge is 0.497 e. The monoisotopic (exact) mass is 269 g/mol. The molecule has 1 saturated heterocycles. The molecule has 1 aliphatic heterocycles. The molecule has 5 atom stereocenters. The third kappa shape index (κ3) is 2.72. The fourth-order valence-corrected chi connectivity index (χ4v) is 2.35. The number of nitrogens with one attached hydrogen (secondary N) is 1. The van der Waals surface area contributed by atoms with Crippen molar-refractivity contribution in [2.45, 2.75) is 30.4 Å². The molecule has 0 aliphatic carbocycles. The lowest BCUT2D eigenvalue weighted by atomic mass is 9.87. The minimum Gasteiger partial charge on any atom is -0.497 e. The predicted molar refractivity (Wildman–Crippen MR) is 67.8 cm³/mol. The van der Waals surface area contributed by atoms with Gasteiger partial charge >= 0.3 is 0 Å². The molecule has 6 heteroatoms. The average molecular weight is 269 g/mol. The van der Waals surface area contributed by atoms with Crippen molar-refractivity contribution >= 4 is 0 Å². The van der Waals surface area contributed by atoms with Gasteiger partial charge in [-0.15, -0.1) is 0 Å². The summed E-state index contributed by atoms with van der Waals surface area (Å²) in [7, 11) is 1.54. The number of aliphatic hydroxyl groups excluding tert-OH is 4. The van der Waals surface area contributed by atoms with Crippen molar-refractivity contribution in [3.05, 3.63) is 29.8 Å². The maximum Gasteiger partial charge on any atom is 0.119 e. The SMILES string of the molecule is COc1cccc([C@@H]2N[C@H](CO)[C@@H](O)[C@H](O)[C@@H]2O)c1. The lowest BCUT2D eigenvalue weighted by molar-refractivity contribution is -0.120. The first kappa shape index (κ1) is 14.2. The number of benzene rings is 1. The fourth-order valence-electron chi connectivity index (χ4n) is 2.35. The summed E-state index contributed by atoms with van der Waals surface area (Å²) in [4.78, 5) is 0. The second-order valence-corrected chi connectivity index (χ2v) is 4.68. The van der Waals surface area contributed by atoms with Gasteiger partial charge in [0.2, 0.25) is 0 Å². The van der Waals surface area contributed by atoms with Crippen molar-refractivity contribution in [1.82, 2.24) is 5.32 Å². The van der Waals surface area contributed by atoms with Crippen molar-refractivity contribution < 1.29 is 25.2 Å². The molecule has 5 N–H and O–H groups in total. The van der Waals surface area contributed by atoms with Crippen LogP contribution in [0.25, 0.3) is 0 Å². The van der Waals surface area contributed by atoms with Gasteiger partial charge in [0, 0.05) is 0 Å². The fraction of sp³-hybridized carbons (Fsp3) is 0.538. The molecular formula is C13H19NO5. The highest BCUT2D eigenvalue weighted by Gasteiger charge is 2.42. The Balaban J connectivity index is 2.26. The highest BCUT2D eigenvalue weighted by atomic mass is 16.5. The van der Waals surface area contributed by atoms with Gasteiger partial charge in [-0.05, 0) is 17.7 Å². The van der Waals surface area contributed by atoms with Crippen molar-refractivity contribution in [3.63, 3.8) is 0 Å². The Morgan fingerprint density at radius 1 is 1.16 bits per heavy atom. The molecule has 1 aromatic carbocycles. The molecular weight excluding hydrogens is 250 g/mol. The lowest BCUT2D eigenvalue weighted by Crippen LogP contribution is -2.62. The topological polar surface area (TPSA) is 102 Å². The van der Waals surface area contributed by atoms with Crippen LogP contribution in [0.1, 0.15) is 11.6 Å². The van der Waals surface area contributed by atoms with E-state index < -0.39 is 30.4 Å². The van der Waals surface area contributed by atoms with E-state index in [0.717, 1.165) is 5.56 Å². The molecule has 1 aliphatic rings. The molecule has 6 nitrogen and oxygen atoms in total. The minimum absolute atomic E-state index is 0.328. The van der Waals surface area contributed by atoms with Gasteiger partial charge in [0.15, 0.2) is 0 Å². The number of rotatable bonds is 3. The van der Waals surface area contributed by atoms with Crippen LogP contribution in [0.15, 0.2) is 24.3 Å². The van der Waals surface area contributed by atoms with Crippen LogP contribution in [0.3, 0.4) is 0 Å². The van der Waals surface area contributed by atoms with E-state index in [4.69, 9.17) is 4.74 Å². The van der Waals surface area contributed by atoms with Gasteiger partial charge < -0.3 is 30.5 Å².